The number of fused-ring (bicyclic) bond motifs is 3. The predicted octanol–water partition coefficient (Wildman–Crippen LogP) is 11.3. The molecule has 0 amide bonds. The van der Waals surface area contributed by atoms with Crippen LogP contribution >= 0.6 is 0 Å². The molecule has 7 rings (SSSR count). The summed E-state index contributed by atoms with van der Waals surface area (Å²) in [5, 5.41) is 7.47. The van der Waals surface area contributed by atoms with Gasteiger partial charge in [0.25, 0.3) is 0 Å². The van der Waals surface area contributed by atoms with E-state index in [0.29, 0.717) is 11.5 Å². The third-order valence-electron chi connectivity index (χ3n) is 8.97. The van der Waals surface area contributed by atoms with Gasteiger partial charge in [-0.25, -0.2) is 4.98 Å². The molecular weight excluding hydrogens is 695 g/mol. The molecular formula is C43H42N4OPd. The molecule has 0 N–H and O–H groups in total. The summed E-state index contributed by atoms with van der Waals surface area (Å²) in [6, 6.07) is 38.7. The van der Waals surface area contributed by atoms with Crippen molar-refractivity contribution in [3.8, 4) is 34.1 Å². The molecule has 0 saturated heterocycles. The van der Waals surface area contributed by atoms with Gasteiger partial charge < -0.3 is 9.30 Å². The van der Waals surface area contributed by atoms with Crippen LogP contribution in [-0.4, -0.2) is 19.3 Å². The number of nitrogens with zero attached hydrogens (tertiary/aromatic N) is 4. The maximum atomic E-state index is 6.49. The molecule has 0 aliphatic rings. The first-order valence-electron chi connectivity index (χ1n) is 16.8. The van der Waals surface area contributed by atoms with Crippen LogP contribution in [-0.2, 0) is 25.8 Å². The molecule has 0 aliphatic heterocycles. The average molecular weight is 737 g/mol. The van der Waals surface area contributed by atoms with Crippen LogP contribution in [0, 0.1) is 19.1 Å². The third kappa shape index (κ3) is 6.48. The number of aromatic nitrogens is 4. The molecule has 0 fully saturated rings. The van der Waals surface area contributed by atoms with Gasteiger partial charge in [-0.05, 0) is 70.1 Å². The van der Waals surface area contributed by atoms with E-state index in [1.807, 2.05) is 30.5 Å². The number of aryl methyl sites for hydroxylation is 1. The molecule has 0 spiro atoms. The van der Waals surface area contributed by atoms with E-state index in [1.54, 1.807) is 0 Å². The smallest absolute Gasteiger partial charge is 0.509 e. The van der Waals surface area contributed by atoms with Crippen LogP contribution in [0.25, 0.3) is 44.4 Å². The van der Waals surface area contributed by atoms with Gasteiger partial charge in [-0.1, -0.05) is 96.4 Å². The fourth-order valence-electron chi connectivity index (χ4n) is 6.55. The van der Waals surface area contributed by atoms with Crippen molar-refractivity contribution in [3.63, 3.8) is 0 Å². The number of benzene rings is 4. The molecule has 0 radical (unpaired) electrons. The van der Waals surface area contributed by atoms with Gasteiger partial charge in [-0.15, -0.1) is 35.7 Å². The molecule has 5 nitrogen and oxygen atoms in total. The number of pyridine rings is 1. The minimum atomic E-state index is 0. The molecule has 4 aromatic carbocycles. The second-order valence-electron chi connectivity index (χ2n) is 14.3. The number of ether oxygens (including phenoxy) is 1. The van der Waals surface area contributed by atoms with Gasteiger partial charge in [-0.3, -0.25) is 4.68 Å². The summed E-state index contributed by atoms with van der Waals surface area (Å²) in [4.78, 5) is 4.71. The zero-order valence-corrected chi connectivity index (χ0v) is 31.0. The first kappa shape index (κ1) is 34.4. The average Bonchev–Trinajstić information content (AvgIpc) is 3.62. The van der Waals surface area contributed by atoms with E-state index in [-0.39, 0.29) is 37.7 Å². The van der Waals surface area contributed by atoms with Gasteiger partial charge in [0.2, 0.25) is 0 Å². The van der Waals surface area contributed by atoms with Crippen LogP contribution in [0.4, 0.5) is 0 Å². The van der Waals surface area contributed by atoms with Crippen molar-refractivity contribution in [2.75, 3.05) is 0 Å². The van der Waals surface area contributed by atoms with Crippen molar-refractivity contribution in [1.82, 2.24) is 19.3 Å². The van der Waals surface area contributed by atoms with E-state index >= 15 is 0 Å². The van der Waals surface area contributed by atoms with E-state index < -0.39 is 0 Å². The third-order valence-corrected chi connectivity index (χ3v) is 8.97. The number of hydrogen-bond donors (Lipinski definition) is 0. The largest absolute Gasteiger partial charge is 2.00 e. The Kier molecular flexibility index (Phi) is 9.42. The van der Waals surface area contributed by atoms with E-state index in [9.17, 15) is 0 Å². The number of hydrogen-bond acceptors (Lipinski definition) is 3. The summed E-state index contributed by atoms with van der Waals surface area (Å²) in [5.41, 5.74) is 10.0. The Labute approximate surface area is 303 Å². The molecule has 0 saturated carbocycles. The van der Waals surface area contributed by atoms with E-state index in [4.69, 9.17) is 14.8 Å². The standard InChI is InChI=1S/C43H42N4O.Pd/c1-27(2)41-40(30-16-18-31(19-17-30)43(6,7)8)42(28(3)4)47(45-41)32-12-11-13-33(25-32)48-34-20-21-36-35-14-9-10-15-37(35)46(38(36)26-34)39-24-29(5)22-23-44-39;/h9-24,27-28H,1-8H3;/q-2;+2. The molecule has 0 unspecified atom stereocenters. The van der Waals surface area contributed by atoms with Crippen molar-refractivity contribution in [1.29, 1.82) is 0 Å². The summed E-state index contributed by atoms with van der Waals surface area (Å²) in [6.45, 7) is 17.7. The zero-order valence-electron chi connectivity index (χ0n) is 29.4. The molecule has 0 aliphatic carbocycles. The molecule has 3 aromatic heterocycles. The van der Waals surface area contributed by atoms with Crippen LogP contribution < -0.4 is 4.74 Å². The van der Waals surface area contributed by atoms with Crippen molar-refractivity contribution in [2.45, 2.75) is 72.6 Å². The normalized spacial score (nSPS) is 11.9. The Balaban J connectivity index is 0.00000417. The zero-order chi connectivity index (χ0) is 33.7. The first-order chi connectivity index (χ1) is 23.0. The van der Waals surface area contributed by atoms with E-state index in [1.165, 1.54) is 22.4 Å². The van der Waals surface area contributed by atoms with E-state index in [0.717, 1.165) is 44.6 Å². The summed E-state index contributed by atoms with van der Waals surface area (Å²) < 4.78 is 10.7. The van der Waals surface area contributed by atoms with E-state index in [2.05, 4.69) is 144 Å². The molecule has 0 atom stereocenters. The monoisotopic (exact) mass is 736 g/mol. The van der Waals surface area contributed by atoms with Gasteiger partial charge >= 0.3 is 20.4 Å². The quantitative estimate of drug-likeness (QED) is 0.121. The molecule has 250 valence electrons. The molecule has 49 heavy (non-hydrogen) atoms. The van der Waals surface area contributed by atoms with Crippen molar-refractivity contribution in [3.05, 3.63) is 132 Å². The van der Waals surface area contributed by atoms with Crippen LogP contribution in [0.1, 0.15) is 82.8 Å². The second kappa shape index (κ2) is 13.4. The van der Waals surface area contributed by atoms with Crippen LogP contribution in [0.5, 0.6) is 11.5 Å². The fourth-order valence-corrected chi connectivity index (χ4v) is 6.55. The maximum absolute atomic E-state index is 6.49. The predicted molar refractivity (Wildman–Crippen MR) is 197 cm³/mol. The van der Waals surface area contributed by atoms with Gasteiger partial charge in [0.1, 0.15) is 5.82 Å². The summed E-state index contributed by atoms with van der Waals surface area (Å²) >= 11 is 0. The number of rotatable bonds is 7. The second-order valence-corrected chi connectivity index (χ2v) is 14.3. The first-order valence-corrected chi connectivity index (χ1v) is 16.8. The van der Waals surface area contributed by atoms with Crippen LogP contribution in [0.3, 0.4) is 0 Å². The van der Waals surface area contributed by atoms with Crippen molar-refractivity contribution < 1.29 is 25.2 Å². The molecule has 3 heterocycles. The fraction of sp³-hybridized carbons (Fsp3) is 0.256. The Morgan fingerprint density at radius 2 is 1.49 bits per heavy atom. The van der Waals surface area contributed by atoms with Crippen molar-refractivity contribution in [2.24, 2.45) is 0 Å². The summed E-state index contributed by atoms with van der Waals surface area (Å²) in [5.74, 6) is 2.55. The summed E-state index contributed by atoms with van der Waals surface area (Å²) in [6.07, 6.45) is 1.85. The Hall–Kier alpha value is -4.50. The SMILES string of the molecule is Cc1ccnc(-n2c3[c-]c(Oc4[c-]c(-n5nc(C(C)C)c(-c6ccc(C(C)(C)C)cc6)c5C(C)C)ccc4)ccc3c3ccccc32)c1.[Pd+2]. The summed E-state index contributed by atoms with van der Waals surface area (Å²) in [7, 11) is 0. The minimum absolute atomic E-state index is 0. The molecule has 7 aromatic rings. The topological polar surface area (TPSA) is 44.9 Å². The Morgan fingerprint density at radius 1 is 0.755 bits per heavy atom. The number of para-hydroxylation sites is 1. The van der Waals surface area contributed by atoms with Gasteiger partial charge in [0.15, 0.2) is 0 Å². The Bertz CT molecular complexity index is 2270. The van der Waals surface area contributed by atoms with Crippen LogP contribution in [0.15, 0.2) is 97.2 Å². The molecule has 0 bridgehead atoms. The van der Waals surface area contributed by atoms with Crippen LogP contribution in [0.2, 0.25) is 0 Å². The minimum Gasteiger partial charge on any atom is -0.509 e. The van der Waals surface area contributed by atoms with Gasteiger partial charge in [0, 0.05) is 28.8 Å². The maximum Gasteiger partial charge on any atom is 2.00 e. The molecule has 6 heteroatoms. The Morgan fingerprint density at radius 3 is 2.18 bits per heavy atom. The van der Waals surface area contributed by atoms with Gasteiger partial charge in [-0.2, -0.15) is 17.2 Å². The van der Waals surface area contributed by atoms with Crippen molar-refractivity contribution >= 4 is 21.8 Å². The van der Waals surface area contributed by atoms with Gasteiger partial charge in [0.05, 0.1) is 11.4 Å².